The van der Waals surface area contributed by atoms with Gasteiger partial charge in [-0.25, -0.2) is 0 Å². The van der Waals surface area contributed by atoms with Crippen LogP contribution < -0.4 is 14.8 Å². The van der Waals surface area contributed by atoms with Crippen molar-refractivity contribution in [3.63, 3.8) is 0 Å². The average molecular weight is 532 g/mol. The number of rotatable bonds is 7. The number of nitrogens with zero attached hydrogens (tertiary/aromatic N) is 1. The summed E-state index contributed by atoms with van der Waals surface area (Å²) in [7, 11) is 1.49. The number of amides is 1. The maximum Gasteiger partial charge on any atom is 0.266 e. The minimum Gasteiger partial charge on any atom is -0.493 e. The Bertz CT molecular complexity index is 1220. The second kappa shape index (κ2) is 11.1. The number of methoxy groups -OCH3 is 1. The Morgan fingerprint density at radius 1 is 1.16 bits per heavy atom. The Balaban J connectivity index is 1.83. The van der Waals surface area contributed by atoms with Crippen molar-refractivity contribution in [3.8, 4) is 17.6 Å². The van der Waals surface area contributed by atoms with E-state index in [1.165, 1.54) is 13.2 Å². The van der Waals surface area contributed by atoms with E-state index in [4.69, 9.17) is 32.7 Å². The number of hydrogen-bond acceptors (Lipinski definition) is 4. The number of carbonyl (C=O) groups excluding carboxylic acids is 1. The first-order valence-corrected chi connectivity index (χ1v) is 10.9. The molecule has 0 saturated carbocycles. The van der Waals surface area contributed by atoms with Crippen LogP contribution >= 0.6 is 39.1 Å². The maximum absolute atomic E-state index is 12.5. The number of ether oxygens (including phenoxy) is 2. The van der Waals surface area contributed by atoms with E-state index in [2.05, 4.69) is 21.2 Å². The minimum atomic E-state index is -0.570. The molecule has 0 saturated heterocycles. The summed E-state index contributed by atoms with van der Waals surface area (Å²) in [5, 5.41) is 12.9. The first-order valence-electron chi connectivity index (χ1n) is 9.33. The van der Waals surface area contributed by atoms with Crippen LogP contribution in [0, 0.1) is 11.3 Å². The van der Waals surface area contributed by atoms with Gasteiger partial charge in [0.2, 0.25) is 0 Å². The summed E-state index contributed by atoms with van der Waals surface area (Å²) in [5.41, 5.74) is 1.83. The summed E-state index contributed by atoms with van der Waals surface area (Å²) >= 11 is 15.8. The molecule has 0 aliphatic carbocycles. The van der Waals surface area contributed by atoms with Gasteiger partial charge in [0.05, 0.1) is 12.1 Å². The summed E-state index contributed by atoms with van der Waals surface area (Å²) < 4.78 is 12.2. The topological polar surface area (TPSA) is 71.3 Å². The number of carbonyl (C=O) groups is 1. The van der Waals surface area contributed by atoms with Crippen molar-refractivity contribution in [2.75, 3.05) is 12.4 Å². The fourth-order valence-electron chi connectivity index (χ4n) is 2.81. The lowest BCUT2D eigenvalue weighted by Crippen LogP contribution is -2.13. The third kappa shape index (κ3) is 6.04. The van der Waals surface area contributed by atoms with Crippen LogP contribution in [0.4, 0.5) is 5.69 Å². The van der Waals surface area contributed by atoms with Gasteiger partial charge in [-0.15, -0.1) is 0 Å². The second-order valence-electron chi connectivity index (χ2n) is 6.55. The van der Waals surface area contributed by atoms with Gasteiger partial charge in [0.15, 0.2) is 11.5 Å². The van der Waals surface area contributed by atoms with Gasteiger partial charge in [-0.2, -0.15) is 5.26 Å². The average Bonchev–Trinajstić information content (AvgIpc) is 2.77. The van der Waals surface area contributed by atoms with Crippen molar-refractivity contribution < 1.29 is 14.3 Å². The largest absolute Gasteiger partial charge is 0.493 e. The van der Waals surface area contributed by atoms with Gasteiger partial charge in [0, 0.05) is 20.7 Å². The second-order valence-corrected chi connectivity index (χ2v) is 8.25. The highest BCUT2D eigenvalue weighted by Crippen LogP contribution is 2.38. The fourth-order valence-corrected chi connectivity index (χ4v) is 3.67. The molecule has 3 rings (SSSR count). The monoisotopic (exact) mass is 530 g/mol. The van der Waals surface area contributed by atoms with E-state index >= 15 is 0 Å². The highest BCUT2D eigenvalue weighted by atomic mass is 79.9. The predicted octanol–water partition coefficient (Wildman–Crippen LogP) is 6.89. The van der Waals surface area contributed by atoms with Crippen molar-refractivity contribution in [2.24, 2.45) is 0 Å². The molecule has 0 unspecified atom stereocenters. The van der Waals surface area contributed by atoms with E-state index < -0.39 is 5.91 Å². The van der Waals surface area contributed by atoms with Crippen LogP contribution in [0.3, 0.4) is 0 Å². The molecular formula is C24H17BrCl2N2O3. The van der Waals surface area contributed by atoms with Crippen LogP contribution in [-0.2, 0) is 11.4 Å². The Hall–Kier alpha value is -2.98. The molecule has 1 amide bonds. The van der Waals surface area contributed by atoms with E-state index in [9.17, 15) is 10.1 Å². The Morgan fingerprint density at radius 3 is 2.62 bits per heavy atom. The van der Waals surface area contributed by atoms with Crippen molar-refractivity contribution in [3.05, 3.63) is 91.9 Å². The van der Waals surface area contributed by atoms with Crippen molar-refractivity contribution in [2.45, 2.75) is 6.61 Å². The standard InChI is InChI=1S/C24H17BrCl2N2O3/c1-31-22-11-15(9-17(13-28)24(30)29-19-7-4-6-18(26)12-19)10-21(27)23(22)32-14-16-5-2-3-8-20(16)25/h2-12H,14H2,1H3,(H,29,30)/b17-9+. The Labute approximate surface area is 204 Å². The van der Waals surface area contributed by atoms with E-state index in [0.29, 0.717) is 27.8 Å². The molecule has 162 valence electrons. The number of nitriles is 1. The lowest BCUT2D eigenvalue weighted by atomic mass is 10.1. The quantitative estimate of drug-likeness (QED) is 0.266. The van der Waals surface area contributed by atoms with Gasteiger partial charge in [-0.05, 0) is 48.0 Å². The van der Waals surface area contributed by atoms with Gasteiger partial charge in [-0.1, -0.05) is 63.4 Å². The molecule has 0 radical (unpaired) electrons. The first kappa shape index (κ1) is 23.7. The van der Waals surface area contributed by atoms with E-state index in [1.54, 1.807) is 36.4 Å². The predicted molar refractivity (Wildman–Crippen MR) is 130 cm³/mol. The SMILES string of the molecule is COc1cc(/C=C(\C#N)C(=O)Nc2cccc(Cl)c2)cc(Cl)c1OCc1ccccc1Br. The molecule has 3 aromatic carbocycles. The van der Waals surface area contributed by atoms with Gasteiger partial charge >= 0.3 is 0 Å². The molecule has 32 heavy (non-hydrogen) atoms. The summed E-state index contributed by atoms with van der Waals surface area (Å²) in [6.07, 6.45) is 1.42. The van der Waals surface area contributed by atoms with Crippen LogP contribution in [0.15, 0.2) is 70.7 Å². The van der Waals surface area contributed by atoms with Gasteiger partial charge in [-0.3, -0.25) is 4.79 Å². The molecule has 1 N–H and O–H groups in total. The van der Waals surface area contributed by atoms with Crippen molar-refractivity contribution in [1.82, 2.24) is 0 Å². The summed E-state index contributed by atoms with van der Waals surface area (Å²) in [5.74, 6) is 0.173. The highest BCUT2D eigenvalue weighted by Gasteiger charge is 2.15. The molecule has 0 heterocycles. The number of halogens is 3. The molecule has 8 heteroatoms. The third-order valence-corrected chi connectivity index (χ3v) is 5.63. The molecule has 0 aliphatic rings. The van der Waals surface area contributed by atoms with E-state index in [0.717, 1.165) is 10.0 Å². The molecule has 5 nitrogen and oxygen atoms in total. The first-order chi connectivity index (χ1) is 15.4. The lowest BCUT2D eigenvalue weighted by molar-refractivity contribution is -0.112. The van der Waals surface area contributed by atoms with Crippen molar-refractivity contribution >= 4 is 56.8 Å². The zero-order chi connectivity index (χ0) is 23.1. The number of anilines is 1. The Kier molecular flexibility index (Phi) is 8.18. The molecule has 0 aliphatic heterocycles. The zero-order valence-corrected chi connectivity index (χ0v) is 20.0. The van der Waals surface area contributed by atoms with Gasteiger partial charge in [0.25, 0.3) is 5.91 Å². The minimum absolute atomic E-state index is 0.107. The number of benzene rings is 3. The maximum atomic E-state index is 12.5. The summed E-state index contributed by atoms with van der Waals surface area (Å²) in [6, 6.07) is 19.5. The molecule has 0 aromatic heterocycles. The molecule has 0 spiro atoms. The lowest BCUT2D eigenvalue weighted by Gasteiger charge is -2.14. The van der Waals surface area contributed by atoms with Crippen LogP contribution in [0.1, 0.15) is 11.1 Å². The van der Waals surface area contributed by atoms with Crippen LogP contribution in [-0.4, -0.2) is 13.0 Å². The smallest absolute Gasteiger partial charge is 0.266 e. The number of hydrogen-bond donors (Lipinski definition) is 1. The number of nitrogens with one attached hydrogen (secondary N) is 1. The van der Waals surface area contributed by atoms with Crippen LogP contribution in [0.2, 0.25) is 10.0 Å². The van der Waals surface area contributed by atoms with E-state index in [-0.39, 0.29) is 17.2 Å². The van der Waals surface area contributed by atoms with E-state index in [1.807, 2.05) is 30.3 Å². The summed E-state index contributed by atoms with van der Waals surface area (Å²) in [6.45, 7) is 0.276. The third-order valence-electron chi connectivity index (χ3n) is 4.34. The normalized spacial score (nSPS) is 10.9. The van der Waals surface area contributed by atoms with Crippen LogP contribution in [0.5, 0.6) is 11.5 Å². The molecule has 0 atom stereocenters. The zero-order valence-electron chi connectivity index (χ0n) is 16.9. The van der Waals surface area contributed by atoms with Crippen molar-refractivity contribution in [1.29, 1.82) is 5.26 Å². The fraction of sp³-hybridized carbons (Fsp3) is 0.0833. The molecule has 3 aromatic rings. The molecule has 0 fully saturated rings. The molecule has 0 bridgehead atoms. The molecular weight excluding hydrogens is 515 g/mol. The van der Waals surface area contributed by atoms with Gasteiger partial charge < -0.3 is 14.8 Å². The Morgan fingerprint density at radius 2 is 1.94 bits per heavy atom. The highest BCUT2D eigenvalue weighted by molar-refractivity contribution is 9.10. The summed E-state index contributed by atoms with van der Waals surface area (Å²) in [4.78, 5) is 12.5. The van der Waals surface area contributed by atoms with Gasteiger partial charge in [0.1, 0.15) is 18.2 Å². The van der Waals surface area contributed by atoms with Crippen LogP contribution in [0.25, 0.3) is 6.08 Å².